The highest BCUT2D eigenvalue weighted by atomic mass is 16.6. The third-order valence-electron chi connectivity index (χ3n) is 13.7. The van der Waals surface area contributed by atoms with Gasteiger partial charge in [-0.25, -0.2) is 0 Å². The number of esters is 2. The minimum absolute atomic E-state index is 0.0397. The lowest BCUT2D eigenvalue weighted by molar-refractivity contribution is -0.250. The van der Waals surface area contributed by atoms with Crippen LogP contribution in [0.15, 0.2) is 0 Å². The summed E-state index contributed by atoms with van der Waals surface area (Å²) >= 11 is 0. The molecule has 4 saturated carbocycles. The molecule has 5 fully saturated rings. The van der Waals surface area contributed by atoms with Crippen molar-refractivity contribution >= 4 is 11.9 Å². The molecule has 0 unspecified atom stereocenters. The molecule has 0 aromatic rings. The van der Waals surface area contributed by atoms with Crippen molar-refractivity contribution in [3.63, 3.8) is 0 Å². The summed E-state index contributed by atoms with van der Waals surface area (Å²) in [4.78, 5) is 24.6. The summed E-state index contributed by atoms with van der Waals surface area (Å²) < 4.78 is 18.8. The number of carbonyl (C=O) groups is 2. The van der Waals surface area contributed by atoms with E-state index in [1.807, 2.05) is 13.8 Å². The monoisotopic (exact) mass is 576 g/mol. The van der Waals surface area contributed by atoms with E-state index in [0.29, 0.717) is 12.3 Å². The second-order valence-corrected chi connectivity index (χ2v) is 16.8. The van der Waals surface area contributed by atoms with Crippen LogP contribution in [0, 0.1) is 45.3 Å². The van der Waals surface area contributed by atoms with Gasteiger partial charge in [0, 0.05) is 31.1 Å². The van der Waals surface area contributed by atoms with Gasteiger partial charge in [-0.05, 0) is 100 Å². The SMILES string of the molecule is CC(=O)O[C@H]1C[C@H]2[C@@H](CC[C@]3(C)[C@H]([C@@]4(C)CC[C@@H](C(C)(C)O)O4)[C@H](O)C[C@]23C)[C@@]2(C)CC[C@H](OC(C)=O)C(C)(C)[C@H]12. The van der Waals surface area contributed by atoms with Gasteiger partial charge in [0.25, 0.3) is 0 Å². The largest absolute Gasteiger partial charge is 0.462 e. The van der Waals surface area contributed by atoms with Crippen LogP contribution in [0.2, 0.25) is 0 Å². The summed E-state index contributed by atoms with van der Waals surface area (Å²) in [7, 11) is 0. The minimum Gasteiger partial charge on any atom is -0.462 e. The number of hydrogen-bond acceptors (Lipinski definition) is 7. The Hall–Kier alpha value is -1.18. The zero-order valence-electron chi connectivity index (χ0n) is 27.2. The van der Waals surface area contributed by atoms with Gasteiger partial charge in [-0.1, -0.05) is 34.6 Å². The predicted octanol–water partition coefficient (Wildman–Crippen LogP) is 5.82. The van der Waals surface area contributed by atoms with E-state index in [1.54, 1.807) is 0 Å². The van der Waals surface area contributed by atoms with Crippen LogP contribution in [0.5, 0.6) is 0 Å². The molecule has 7 nitrogen and oxygen atoms in total. The van der Waals surface area contributed by atoms with Crippen LogP contribution in [-0.2, 0) is 23.8 Å². The van der Waals surface area contributed by atoms with Gasteiger partial charge in [-0.2, -0.15) is 0 Å². The minimum atomic E-state index is -0.925. The van der Waals surface area contributed by atoms with Gasteiger partial charge in [-0.15, -0.1) is 0 Å². The summed E-state index contributed by atoms with van der Waals surface area (Å²) in [5.41, 5.74) is -2.19. The van der Waals surface area contributed by atoms with Gasteiger partial charge in [-0.3, -0.25) is 9.59 Å². The second kappa shape index (κ2) is 9.66. The van der Waals surface area contributed by atoms with E-state index in [-0.39, 0.29) is 69.7 Å². The summed E-state index contributed by atoms with van der Waals surface area (Å²) in [6.45, 7) is 20.3. The van der Waals surface area contributed by atoms with Crippen LogP contribution in [0.4, 0.5) is 0 Å². The van der Waals surface area contributed by atoms with E-state index in [2.05, 4.69) is 41.5 Å². The topological polar surface area (TPSA) is 102 Å². The fourth-order valence-corrected chi connectivity index (χ4v) is 12.0. The molecule has 1 heterocycles. The van der Waals surface area contributed by atoms with Crippen molar-refractivity contribution in [2.24, 2.45) is 45.3 Å². The van der Waals surface area contributed by atoms with Gasteiger partial charge in [0.05, 0.1) is 23.4 Å². The molecule has 5 rings (SSSR count). The first-order valence-electron chi connectivity index (χ1n) is 16.1. The molecule has 7 heteroatoms. The Bertz CT molecular complexity index is 1060. The molecule has 2 N–H and O–H groups in total. The Kier molecular flexibility index (Phi) is 7.36. The van der Waals surface area contributed by atoms with Crippen LogP contribution in [-0.4, -0.2) is 57.8 Å². The van der Waals surface area contributed by atoms with Gasteiger partial charge in [0.15, 0.2) is 0 Å². The van der Waals surface area contributed by atoms with E-state index in [0.717, 1.165) is 44.9 Å². The van der Waals surface area contributed by atoms with Crippen LogP contribution >= 0.6 is 0 Å². The fraction of sp³-hybridized carbons (Fsp3) is 0.941. The summed E-state index contributed by atoms with van der Waals surface area (Å²) in [5, 5.41) is 22.6. The first-order chi connectivity index (χ1) is 18.7. The Morgan fingerprint density at radius 3 is 2.02 bits per heavy atom. The van der Waals surface area contributed by atoms with Crippen molar-refractivity contribution in [1.82, 2.24) is 0 Å². The van der Waals surface area contributed by atoms with E-state index in [1.165, 1.54) is 13.8 Å². The smallest absolute Gasteiger partial charge is 0.302 e. The van der Waals surface area contributed by atoms with Crippen molar-refractivity contribution in [3.05, 3.63) is 0 Å². The third-order valence-corrected chi connectivity index (χ3v) is 13.7. The highest BCUT2D eigenvalue weighted by molar-refractivity contribution is 5.66. The highest BCUT2D eigenvalue weighted by Gasteiger charge is 2.73. The molecule has 41 heavy (non-hydrogen) atoms. The maximum Gasteiger partial charge on any atom is 0.302 e. The number of carbonyl (C=O) groups excluding carboxylic acids is 2. The lowest BCUT2D eigenvalue weighted by atomic mass is 9.37. The average Bonchev–Trinajstić information content (AvgIpc) is 3.30. The molecule has 0 amide bonds. The van der Waals surface area contributed by atoms with Gasteiger partial charge in [0.1, 0.15) is 12.2 Å². The number of aliphatic hydroxyl groups is 2. The van der Waals surface area contributed by atoms with Crippen LogP contribution in [0.3, 0.4) is 0 Å². The Morgan fingerprint density at radius 1 is 0.829 bits per heavy atom. The molecule has 234 valence electrons. The normalized spacial score (nSPS) is 50.8. The number of fused-ring (bicyclic) bond motifs is 5. The molecule has 0 spiro atoms. The lowest BCUT2D eigenvalue weighted by Gasteiger charge is -2.68. The van der Waals surface area contributed by atoms with Crippen LogP contribution < -0.4 is 0 Å². The summed E-state index contributed by atoms with van der Waals surface area (Å²) in [6.07, 6.45) is 5.63. The molecule has 4 aliphatic carbocycles. The predicted molar refractivity (Wildman–Crippen MR) is 156 cm³/mol. The van der Waals surface area contributed by atoms with Gasteiger partial charge >= 0.3 is 11.9 Å². The van der Waals surface area contributed by atoms with E-state index in [4.69, 9.17) is 14.2 Å². The van der Waals surface area contributed by atoms with Crippen LogP contribution in [0.25, 0.3) is 0 Å². The van der Waals surface area contributed by atoms with Crippen LogP contribution in [0.1, 0.15) is 121 Å². The first-order valence-corrected chi connectivity index (χ1v) is 16.1. The van der Waals surface area contributed by atoms with E-state index >= 15 is 0 Å². The Morgan fingerprint density at radius 2 is 1.46 bits per heavy atom. The standard InChI is InChI=1S/C34H56O7/c1-19(35)39-24-17-22-21(31(7)14-12-25(40-20(2)36)29(3,4)28(24)31)11-15-32(8)27(23(37)18-33(22,32)9)34(10)16-13-26(41-34)30(5,6)38/h21-28,37-38H,11-18H2,1-10H3/t21-,22+,23-,24+,25+,26+,27-,28+,31-,32-,33-,34-/m1/s1. The Balaban J connectivity index is 1.53. The summed E-state index contributed by atoms with van der Waals surface area (Å²) in [5.74, 6) is 0.202. The van der Waals surface area contributed by atoms with E-state index in [9.17, 15) is 19.8 Å². The van der Waals surface area contributed by atoms with Crippen molar-refractivity contribution in [2.45, 2.75) is 156 Å². The van der Waals surface area contributed by atoms with Crippen molar-refractivity contribution in [1.29, 1.82) is 0 Å². The van der Waals surface area contributed by atoms with E-state index < -0.39 is 17.3 Å². The molecule has 12 atom stereocenters. The molecular formula is C34H56O7. The maximum absolute atomic E-state index is 12.5. The molecule has 0 bridgehead atoms. The first kappa shape index (κ1) is 31.3. The number of aliphatic hydroxyl groups excluding tert-OH is 1. The second-order valence-electron chi connectivity index (χ2n) is 16.8. The molecule has 0 radical (unpaired) electrons. The molecule has 5 aliphatic rings. The number of rotatable bonds is 4. The van der Waals surface area contributed by atoms with Crippen molar-refractivity contribution in [3.8, 4) is 0 Å². The summed E-state index contributed by atoms with van der Waals surface area (Å²) in [6, 6.07) is 0. The third kappa shape index (κ3) is 4.53. The van der Waals surface area contributed by atoms with Crippen molar-refractivity contribution in [2.75, 3.05) is 0 Å². The zero-order valence-corrected chi connectivity index (χ0v) is 27.2. The molecule has 1 saturated heterocycles. The van der Waals surface area contributed by atoms with Gasteiger partial charge in [0.2, 0.25) is 0 Å². The molecule has 0 aromatic heterocycles. The zero-order chi connectivity index (χ0) is 30.6. The molecular weight excluding hydrogens is 520 g/mol. The fourth-order valence-electron chi connectivity index (χ4n) is 12.0. The number of ether oxygens (including phenoxy) is 3. The Labute approximate surface area is 247 Å². The van der Waals surface area contributed by atoms with Gasteiger partial charge < -0.3 is 24.4 Å². The maximum atomic E-state index is 12.5. The quantitative estimate of drug-likeness (QED) is 0.406. The van der Waals surface area contributed by atoms with Crippen molar-refractivity contribution < 1.29 is 34.0 Å². The molecule has 0 aromatic carbocycles. The number of hydrogen-bond donors (Lipinski definition) is 2. The molecule has 1 aliphatic heterocycles. The average molecular weight is 577 g/mol. The highest BCUT2D eigenvalue weighted by Crippen LogP contribution is 2.75. The lowest BCUT2D eigenvalue weighted by Crippen LogP contribution is -2.66.